The number of rotatable bonds is 17. The number of ether oxygens (including phenoxy) is 5. The largest absolute Gasteiger partial charge is 0.491 e. The van der Waals surface area contributed by atoms with E-state index in [2.05, 4.69) is 44.2 Å². The lowest BCUT2D eigenvalue weighted by Gasteiger charge is -2.14. The zero-order valence-electron chi connectivity index (χ0n) is 34.3. The first-order chi connectivity index (χ1) is 30.3. The second kappa shape index (κ2) is 23.6. The summed E-state index contributed by atoms with van der Waals surface area (Å²) in [6.07, 6.45) is 5.27. The molecule has 16 heteroatoms. The number of benzene rings is 2. The van der Waals surface area contributed by atoms with Crippen LogP contribution in [0.2, 0.25) is 0 Å². The third-order valence-electron chi connectivity index (χ3n) is 8.74. The van der Waals surface area contributed by atoms with Crippen LogP contribution in [0, 0.1) is 52.2 Å². The Morgan fingerprint density at radius 3 is 1.50 bits per heavy atom. The van der Waals surface area contributed by atoms with Gasteiger partial charge in [0.15, 0.2) is 0 Å². The Morgan fingerprint density at radius 1 is 0.597 bits per heavy atom. The fraction of sp³-hybridized carbons (Fsp3) is 0.217. The summed E-state index contributed by atoms with van der Waals surface area (Å²) in [4.78, 5) is 17.3. The van der Waals surface area contributed by atoms with Crippen molar-refractivity contribution in [1.29, 1.82) is 21.0 Å². The van der Waals surface area contributed by atoms with Crippen molar-refractivity contribution < 1.29 is 28.8 Å². The topological polar surface area (TPSA) is 213 Å². The zero-order valence-corrected chi connectivity index (χ0v) is 35.9. The highest BCUT2D eigenvalue weighted by Gasteiger charge is 2.24. The first-order valence-electron chi connectivity index (χ1n) is 18.8. The number of pyridine rings is 4. The lowest BCUT2D eigenvalue weighted by atomic mass is 9.97. The Balaban J connectivity index is 0.000000234. The monoisotopic (exact) mass is 864 g/mol. The van der Waals surface area contributed by atoms with Gasteiger partial charge in [-0.1, -0.05) is 36.4 Å². The SMILES string of the molecule is COCCOc1ccc(-c2c(C#N)c(OC)nc(SCc3cccnc3)c2C#N)cc1.COc1nc(SCc2ccc(C)nc2)c(C#N)c(-c2ccc(OCCO)cc2)c1C#N. The summed E-state index contributed by atoms with van der Waals surface area (Å²) in [6, 6.07) is 30.6. The van der Waals surface area contributed by atoms with Crippen molar-refractivity contribution in [3.63, 3.8) is 0 Å². The van der Waals surface area contributed by atoms with Crippen molar-refractivity contribution in [2.75, 3.05) is 47.8 Å². The summed E-state index contributed by atoms with van der Waals surface area (Å²) < 4.78 is 26.7. The fourth-order valence-electron chi connectivity index (χ4n) is 5.80. The molecule has 0 bridgehead atoms. The molecule has 0 saturated heterocycles. The highest BCUT2D eigenvalue weighted by molar-refractivity contribution is 7.98. The van der Waals surface area contributed by atoms with E-state index in [0.717, 1.165) is 16.8 Å². The molecule has 14 nitrogen and oxygen atoms in total. The van der Waals surface area contributed by atoms with Gasteiger partial charge in [-0.15, -0.1) is 23.5 Å². The Kier molecular flexibility index (Phi) is 17.4. The number of nitriles is 4. The number of hydrogen-bond donors (Lipinski definition) is 1. The molecule has 4 heterocycles. The molecule has 1 N–H and O–H groups in total. The molecule has 6 rings (SSSR count). The second-order valence-corrected chi connectivity index (χ2v) is 14.7. The molecule has 62 heavy (non-hydrogen) atoms. The van der Waals surface area contributed by atoms with Gasteiger partial charge >= 0.3 is 0 Å². The molecule has 0 radical (unpaired) electrons. The van der Waals surface area contributed by atoms with Crippen LogP contribution >= 0.6 is 23.5 Å². The van der Waals surface area contributed by atoms with E-state index in [1.165, 1.54) is 37.7 Å². The number of aromatic nitrogens is 4. The molecule has 0 saturated carbocycles. The fourth-order valence-corrected chi connectivity index (χ4v) is 7.62. The van der Waals surface area contributed by atoms with Crippen LogP contribution < -0.4 is 18.9 Å². The van der Waals surface area contributed by atoms with Crippen molar-refractivity contribution in [3.8, 4) is 69.8 Å². The first kappa shape index (κ1) is 45.9. The van der Waals surface area contributed by atoms with Crippen LogP contribution in [-0.4, -0.2) is 72.8 Å². The van der Waals surface area contributed by atoms with Gasteiger partial charge in [-0.25, -0.2) is 9.97 Å². The number of methoxy groups -OCH3 is 3. The highest BCUT2D eigenvalue weighted by atomic mass is 32.2. The lowest BCUT2D eigenvalue weighted by molar-refractivity contribution is 0.146. The van der Waals surface area contributed by atoms with E-state index < -0.39 is 0 Å². The van der Waals surface area contributed by atoms with E-state index in [1.807, 2.05) is 43.3 Å². The standard InChI is InChI=1S/2C23H20N4O3S/c1-15-3-4-16(13-26-15)14-31-23-20(12-25)21(19(11-24)22(27-23)29-2)17-5-7-18(8-6-17)30-10-9-28;1-28-10-11-30-18-7-5-17(6-8-18)21-19(12-24)22(29-2)27-23(20(21)13-25)31-15-16-4-3-9-26-14-16/h3-8,13,28H,9-10,14H2,1-2H3;3-9,14H,10-11,15H2,1-2H3. The van der Waals surface area contributed by atoms with Crippen LogP contribution in [-0.2, 0) is 16.2 Å². The predicted molar refractivity (Wildman–Crippen MR) is 234 cm³/mol. The summed E-state index contributed by atoms with van der Waals surface area (Å²) in [5.41, 5.74) is 6.33. The van der Waals surface area contributed by atoms with E-state index in [9.17, 15) is 21.0 Å². The van der Waals surface area contributed by atoms with Crippen LogP contribution in [0.1, 0.15) is 39.1 Å². The normalized spacial score (nSPS) is 10.2. The third kappa shape index (κ3) is 11.8. The molecule has 0 fully saturated rings. The molecule has 0 unspecified atom stereocenters. The lowest BCUT2D eigenvalue weighted by Crippen LogP contribution is -2.04. The van der Waals surface area contributed by atoms with Gasteiger partial charge in [-0.2, -0.15) is 21.0 Å². The summed E-state index contributed by atoms with van der Waals surface area (Å²) in [6.45, 7) is 2.94. The minimum atomic E-state index is -0.0858. The van der Waals surface area contributed by atoms with E-state index in [1.54, 1.807) is 62.1 Å². The van der Waals surface area contributed by atoms with Crippen molar-refractivity contribution >= 4 is 23.5 Å². The average molecular weight is 865 g/mol. The first-order valence-corrected chi connectivity index (χ1v) is 20.8. The van der Waals surface area contributed by atoms with Crippen LogP contribution in [0.5, 0.6) is 23.3 Å². The maximum atomic E-state index is 9.93. The van der Waals surface area contributed by atoms with Crippen molar-refractivity contribution in [2.45, 2.75) is 28.5 Å². The van der Waals surface area contributed by atoms with Crippen LogP contribution in [0.15, 0.2) is 101 Å². The maximum absolute atomic E-state index is 9.93. The smallest absolute Gasteiger partial charge is 0.233 e. The number of aliphatic hydroxyl groups is 1. The summed E-state index contributed by atoms with van der Waals surface area (Å²) in [5.74, 6) is 2.75. The van der Waals surface area contributed by atoms with Crippen molar-refractivity contribution in [2.24, 2.45) is 0 Å². The van der Waals surface area contributed by atoms with Gasteiger partial charge in [-0.3, -0.25) is 9.97 Å². The molecular weight excluding hydrogens is 825 g/mol. The van der Waals surface area contributed by atoms with E-state index in [-0.39, 0.29) is 36.1 Å². The molecule has 0 aliphatic carbocycles. The summed E-state index contributed by atoms with van der Waals surface area (Å²) in [5, 5.41) is 49.3. The van der Waals surface area contributed by atoms with E-state index in [4.69, 9.17) is 28.8 Å². The Hall–Kier alpha value is -7.18. The van der Waals surface area contributed by atoms with Gasteiger partial charge in [0.2, 0.25) is 11.8 Å². The molecule has 0 atom stereocenters. The minimum absolute atomic E-state index is 0.0858. The molecule has 0 aliphatic rings. The van der Waals surface area contributed by atoms with Crippen LogP contribution in [0.25, 0.3) is 22.3 Å². The van der Waals surface area contributed by atoms with Crippen LogP contribution in [0.4, 0.5) is 0 Å². The molecule has 312 valence electrons. The molecule has 0 spiro atoms. The van der Waals surface area contributed by atoms with Gasteiger partial charge in [0, 0.05) is 54.0 Å². The van der Waals surface area contributed by atoms with Gasteiger partial charge in [0.1, 0.15) is 70.2 Å². The predicted octanol–water partition coefficient (Wildman–Crippen LogP) is 8.08. The quantitative estimate of drug-likeness (QED) is 0.0678. The number of thioether (sulfide) groups is 2. The van der Waals surface area contributed by atoms with Gasteiger partial charge in [0.05, 0.1) is 38.6 Å². The third-order valence-corrected chi connectivity index (χ3v) is 10.8. The van der Waals surface area contributed by atoms with Crippen molar-refractivity contribution in [3.05, 3.63) is 130 Å². The average Bonchev–Trinajstić information content (AvgIpc) is 3.32. The number of hydrogen-bond acceptors (Lipinski definition) is 16. The van der Waals surface area contributed by atoms with Gasteiger partial charge in [-0.05, 0) is 65.6 Å². The molecule has 0 amide bonds. The Morgan fingerprint density at radius 2 is 1.10 bits per heavy atom. The molecule has 0 aliphatic heterocycles. The summed E-state index contributed by atoms with van der Waals surface area (Å²) in [7, 11) is 4.52. The number of aliphatic hydroxyl groups excluding tert-OH is 1. The Bertz CT molecular complexity index is 2610. The minimum Gasteiger partial charge on any atom is -0.491 e. The number of aryl methyl sites for hydroxylation is 1. The second-order valence-electron chi connectivity index (χ2n) is 12.8. The van der Waals surface area contributed by atoms with Gasteiger partial charge < -0.3 is 28.8 Å². The van der Waals surface area contributed by atoms with Crippen LogP contribution in [0.3, 0.4) is 0 Å². The van der Waals surface area contributed by atoms with Gasteiger partial charge in [0.25, 0.3) is 0 Å². The molecule has 6 aromatic rings. The maximum Gasteiger partial charge on any atom is 0.233 e. The molecule has 4 aromatic heterocycles. The highest BCUT2D eigenvalue weighted by Crippen LogP contribution is 2.40. The number of nitrogens with zero attached hydrogens (tertiary/aromatic N) is 8. The van der Waals surface area contributed by atoms with Crippen molar-refractivity contribution in [1.82, 2.24) is 19.9 Å². The van der Waals surface area contributed by atoms with E-state index >= 15 is 0 Å². The zero-order chi connectivity index (χ0) is 44.3. The Labute approximate surface area is 368 Å². The molecule has 2 aromatic carbocycles. The summed E-state index contributed by atoms with van der Waals surface area (Å²) >= 11 is 2.78. The van der Waals surface area contributed by atoms with E-state index in [0.29, 0.717) is 79.7 Å². The molecular formula is C46H40N8O6S2.